The molecule has 0 unspecified atom stereocenters. The van der Waals surface area contributed by atoms with E-state index in [1.54, 1.807) is 6.07 Å². The van der Waals surface area contributed by atoms with Crippen molar-refractivity contribution in [1.82, 2.24) is 9.80 Å². The minimum absolute atomic E-state index is 0.0842. The van der Waals surface area contributed by atoms with Gasteiger partial charge in [-0.2, -0.15) is 0 Å². The molecule has 28 heavy (non-hydrogen) atoms. The standard InChI is InChI=1S/C23H24N2O3/c1-16-3-6-18(7-4-16)23(27)25-11-9-24(10-12-25)15-19-14-22(26)28-21-13-17(2)5-8-20(19)21/h3-8,13-14H,9-12,15H2,1-2H3. The number of aryl methyl sites for hydroxylation is 2. The summed E-state index contributed by atoms with van der Waals surface area (Å²) in [7, 11) is 0. The monoisotopic (exact) mass is 376 g/mol. The van der Waals surface area contributed by atoms with Gasteiger partial charge in [-0.1, -0.05) is 29.8 Å². The lowest BCUT2D eigenvalue weighted by molar-refractivity contribution is 0.0629. The molecule has 0 N–H and O–H groups in total. The highest BCUT2D eigenvalue weighted by Crippen LogP contribution is 2.21. The quantitative estimate of drug-likeness (QED) is 0.658. The Morgan fingerprint density at radius 1 is 0.929 bits per heavy atom. The number of piperazine rings is 1. The zero-order chi connectivity index (χ0) is 19.7. The SMILES string of the molecule is Cc1ccc(C(=O)N2CCN(Cc3cc(=O)oc4cc(C)ccc34)CC2)cc1. The van der Waals surface area contributed by atoms with Gasteiger partial charge >= 0.3 is 5.63 Å². The zero-order valence-electron chi connectivity index (χ0n) is 16.3. The van der Waals surface area contributed by atoms with Crippen LogP contribution in [0.2, 0.25) is 0 Å². The van der Waals surface area contributed by atoms with Crippen LogP contribution in [0.4, 0.5) is 0 Å². The van der Waals surface area contributed by atoms with E-state index < -0.39 is 0 Å². The van der Waals surface area contributed by atoms with Crippen molar-refractivity contribution in [2.75, 3.05) is 26.2 Å². The summed E-state index contributed by atoms with van der Waals surface area (Å²) in [5, 5.41) is 0.975. The maximum absolute atomic E-state index is 12.7. The normalized spacial score (nSPS) is 15.1. The first-order chi connectivity index (χ1) is 13.5. The molecule has 1 aromatic heterocycles. The summed E-state index contributed by atoms with van der Waals surface area (Å²) in [5.74, 6) is 0.0842. The number of carbonyl (C=O) groups excluding carboxylic acids is 1. The predicted octanol–water partition coefficient (Wildman–Crippen LogP) is 3.37. The lowest BCUT2D eigenvalue weighted by atomic mass is 10.1. The second-order valence-electron chi connectivity index (χ2n) is 7.52. The molecule has 0 aliphatic carbocycles. The summed E-state index contributed by atoms with van der Waals surface area (Å²) in [4.78, 5) is 28.8. The molecule has 0 spiro atoms. The van der Waals surface area contributed by atoms with Gasteiger partial charge in [-0.05, 0) is 43.2 Å². The van der Waals surface area contributed by atoms with E-state index in [9.17, 15) is 9.59 Å². The zero-order valence-corrected chi connectivity index (χ0v) is 16.3. The van der Waals surface area contributed by atoms with Crippen molar-refractivity contribution < 1.29 is 9.21 Å². The number of fused-ring (bicyclic) bond motifs is 1. The molecule has 2 heterocycles. The molecule has 3 aromatic rings. The highest BCUT2D eigenvalue weighted by atomic mass is 16.4. The van der Waals surface area contributed by atoms with Gasteiger partial charge in [0, 0.05) is 49.7 Å². The largest absolute Gasteiger partial charge is 0.423 e. The summed E-state index contributed by atoms with van der Waals surface area (Å²) in [6, 6.07) is 15.3. The van der Waals surface area contributed by atoms with E-state index in [0.717, 1.165) is 40.7 Å². The third-order valence-electron chi connectivity index (χ3n) is 5.34. The van der Waals surface area contributed by atoms with Gasteiger partial charge in [-0.15, -0.1) is 0 Å². The van der Waals surface area contributed by atoms with Gasteiger partial charge in [0.15, 0.2) is 0 Å². The van der Waals surface area contributed by atoms with Crippen LogP contribution in [-0.4, -0.2) is 41.9 Å². The Morgan fingerprint density at radius 2 is 1.61 bits per heavy atom. The van der Waals surface area contributed by atoms with Crippen molar-refractivity contribution in [2.45, 2.75) is 20.4 Å². The lowest BCUT2D eigenvalue weighted by Gasteiger charge is -2.35. The van der Waals surface area contributed by atoms with E-state index in [1.807, 2.05) is 61.2 Å². The van der Waals surface area contributed by atoms with Crippen LogP contribution in [0.5, 0.6) is 0 Å². The lowest BCUT2D eigenvalue weighted by Crippen LogP contribution is -2.48. The van der Waals surface area contributed by atoms with Crippen LogP contribution < -0.4 is 5.63 Å². The molecule has 0 radical (unpaired) electrons. The molecule has 5 nitrogen and oxygen atoms in total. The molecule has 1 saturated heterocycles. The highest BCUT2D eigenvalue weighted by molar-refractivity contribution is 5.94. The molecule has 5 heteroatoms. The number of rotatable bonds is 3. The van der Waals surface area contributed by atoms with Gasteiger partial charge in [0.25, 0.3) is 5.91 Å². The van der Waals surface area contributed by atoms with Gasteiger partial charge in [0.05, 0.1) is 0 Å². The fourth-order valence-electron chi connectivity index (χ4n) is 3.70. The summed E-state index contributed by atoms with van der Waals surface area (Å²) in [6.45, 7) is 7.61. The van der Waals surface area contributed by atoms with Crippen molar-refractivity contribution in [3.05, 3.63) is 81.2 Å². The topological polar surface area (TPSA) is 53.8 Å². The Hall–Kier alpha value is -2.92. The van der Waals surface area contributed by atoms with Crippen LogP contribution in [0.1, 0.15) is 27.0 Å². The van der Waals surface area contributed by atoms with E-state index in [1.165, 1.54) is 0 Å². The molecular formula is C23H24N2O3. The minimum atomic E-state index is -0.318. The highest BCUT2D eigenvalue weighted by Gasteiger charge is 2.22. The fraction of sp³-hybridized carbons (Fsp3) is 0.304. The van der Waals surface area contributed by atoms with Gasteiger partial charge < -0.3 is 9.32 Å². The first-order valence-electron chi connectivity index (χ1n) is 9.61. The molecule has 1 aliphatic heterocycles. The number of nitrogens with zero attached hydrogens (tertiary/aromatic N) is 2. The molecular weight excluding hydrogens is 352 g/mol. The maximum Gasteiger partial charge on any atom is 0.336 e. The van der Waals surface area contributed by atoms with Crippen LogP contribution in [0.3, 0.4) is 0 Å². The van der Waals surface area contributed by atoms with E-state index in [4.69, 9.17) is 4.42 Å². The third kappa shape index (κ3) is 3.85. The Morgan fingerprint density at radius 3 is 2.32 bits per heavy atom. The van der Waals surface area contributed by atoms with Crippen molar-refractivity contribution in [2.24, 2.45) is 0 Å². The first-order valence-corrected chi connectivity index (χ1v) is 9.61. The molecule has 0 saturated carbocycles. The molecule has 4 rings (SSSR count). The second kappa shape index (κ2) is 7.60. The smallest absolute Gasteiger partial charge is 0.336 e. The molecule has 1 aliphatic rings. The number of amides is 1. The van der Waals surface area contributed by atoms with Crippen LogP contribution in [0.15, 0.2) is 57.7 Å². The average Bonchev–Trinajstić information content (AvgIpc) is 2.68. The van der Waals surface area contributed by atoms with Crippen molar-refractivity contribution in [3.63, 3.8) is 0 Å². The van der Waals surface area contributed by atoms with Crippen molar-refractivity contribution in [3.8, 4) is 0 Å². The second-order valence-corrected chi connectivity index (χ2v) is 7.52. The molecule has 0 bridgehead atoms. The molecule has 1 fully saturated rings. The number of carbonyl (C=O) groups is 1. The minimum Gasteiger partial charge on any atom is -0.423 e. The number of hydrogen-bond acceptors (Lipinski definition) is 4. The van der Waals surface area contributed by atoms with Gasteiger partial charge in [0.2, 0.25) is 0 Å². The number of hydrogen-bond donors (Lipinski definition) is 0. The molecule has 2 aromatic carbocycles. The van der Waals surface area contributed by atoms with Crippen LogP contribution >= 0.6 is 0 Å². The van der Waals surface area contributed by atoms with Crippen molar-refractivity contribution in [1.29, 1.82) is 0 Å². The summed E-state index contributed by atoms with van der Waals surface area (Å²) in [5.41, 5.74) is 4.25. The Bertz CT molecular complexity index is 1060. The van der Waals surface area contributed by atoms with Crippen LogP contribution in [0.25, 0.3) is 11.0 Å². The molecule has 0 atom stereocenters. The third-order valence-corrected chi connectivity index (χ3v) is 5.34. The Labute approximate surface area is 164 Å². The van der Waals surface area contributed by atoms with E-state index in [-0.39, 0.29) is 11.5 Å². The molecule has 144 valence electrons. The molecule has 1 amide bonds. The fourth-order valence-corrected chi connectivity index (χ4v) is 3.70. The summed E-state index contributed by atoms with van der Waals surface area (Å²) in [6.07, 6.45) is 0. The predicted molar refractivity (Wildman–Crippen MR) is 110 cm³/mol. The van der Waals surface area contributed by atoms with E-state index in [2.05, 4.69) is 4.90 Å². The average molecular weight is 376 g/mol. The number of benzene rings is 2. The van der Waals surface area contributed by atoms with Crippen LogP contribution in [0, 0.1) is 13.8 Å². The Kier molecular flexibility index (Phi) is 5.01. The summed E-state index contributed by atoms with van der Waals surface area (Å²) >= 11 is 0. The van der Waals surface area contributed by atoms with Gasteiger partial charge in [-0.25, -0.2) is 4.79 Å². The maximum atomic E-state index is 12.7. The first kappa shape index (κ1) is 18.4. The van der Waals surface area contributed by atoms with Crippen molar-refractivity contribution >= 4 is 16.9 Å². The van der Waals surface area contributed by atoms with Gasteiger partial charge in [0.1, 0.15) is 5.58 Å². The summed E-state index contributed by atoms with van der Waals surface area (Å²) < 4.78 is 5.35. The Balaban J connectivity index is 1.45. The van der Waals surface area contributed by atoms with Crippen LogP contribution in [-0.2, 0) is 6.54 Å². The van der Waals surface area contributed by atoms with Gasteiger partial charge in [-0.3, -0.25) is 9.69 Å². The van der Waals surface area contributed by atoms with E-state index in [0.29, 0.717) is 25.2 Å². The van der Waals surface area contributed by atoms with E-state index >= 15 is 0 Å².